The van der Waals surface area contributed by atoms with Crippen molar-refractivity contribution in [2.45, 2.75) is 6.92 Å². The Morgan fingerprint density at radius 1 is 1.54 bits per heavy atom. The third-order valence-electron chi connectivity index (χ3n) is 1.83. The van der Waals surface area contributed by atoms with Crippen molar-refractivity contribution in [3.05, 3.63) is 28.0 Å². The molecular formula is C9H7IN2O. The molecule has 0 spiro atoms. The first-order chi connectivity index (χ1) is 6.18. The second-order valence-corrected chi connectivity index (χ2v) is 4.02. The number of aromatic nitrogens is 2. The van der Waals surface area contributed by atoms with Gasteiger partial charge in [0.25, 0.3) is 0 Å². The van der Waals surface area contributed by atoms with Crippen molar-refractivity contribution in [1.29, 1.82) is 0 Å². The maximum absolute atomic E-state index is 11.1. The van der Waals surface area contributed by atoms with E-state index in [9.17, 15) is 4.79 Å². The zero-order chi connectivity index (χ0) is 9.42. The molecule has 0 saturated carbocycles. The largest absolute Gasteiger partial charge is 0.273 e. The summed E-state index contributed by atoms with van der Waals surface area (Å²) in [5, 5.41) is 5.00. The van der Waals surface area contributed by atoms with Crippen molar-refractivity contribution >= 4 is 39.4 Å². The molecule has 1 heterocycles. The second-order valence-electron chi connectivity index (χ2n) is 2.78. The zero-order valence-corrected chi connectivity index (χ0v) is 9.15. The van der Waals surface area contributed by atoms with Crippen LogP contribution in [0.15, 0.2) is 24.4 Å². The minimum absolute atomic E-state index is 0.0591. The van der Waals surface area contributed by atoms with Gasteiger partial charge in [-0.1, -0.05) is 0 Å². The lowest BCUT2D eigenvalue weighted by atomic mass is 10.2. The summed E-state index contributed by atoms with van der Waals surface area (Å²) in [6.45, 7) is 1.50. The average Bonchev–Trinajstić information content (AvgIpc) is 2.46. The fourth-order valence-corrected chi connectivity index (χ4v) is 1.77. The van der Waals surface area contributed by atoms with E-state index >= 15 is 0 Å². The van der Waals surface area contributed by atoms with Gasteiger partial charge in [0.15, 0.2) is 0 Å². The van der Waals surface area contributed by atoms with Crippen LogP contribution in [-0.2, 0) is 0 Å². The van der Waals surface area contributed by atoms with Crippen molar-refractivity contribution in [2.24, 2.45) is 0 Å². The predicted molar refractivity (Wildman–Crippen MR) is 58.8 cm³/mol. The van der Waals surface area contributed by atoms with E-state index in [1.807, 2.05) is 18.2 Å². The highest BCUT2D eigenvalue weighted by molar-refractivity contribution is 14.1. The van der Waals surface area contributed by atoms with Gasteiger partial charge in [0.2, 0.25) is 5.91 Å². The van der Waals surface area contributed by atoms with Crippen LogP contribution in [0.1, 0.15) is 11.7 Å². The summed E-state index contributed by atoms with van der Waals surface area (Å²) < 4.78 is 2.55. The van der Waals surface area contributed by atoms with E-state index in [0.717, 1.165) is 14.5 Å². The molecule has 2 rings (SSSR count). The Morgan fingerprint density at radius 2 is 2.31 bits per heavy atom. The summed E-state index contributed by atoms with van der Waals surface area (Å²) in [6.07, 6.45) is 1.71. The Labute approximate surface area is 88.9 Å². The highest BCUT2D eigenvalue weighted by Crippen LogP contribution is 2.16. The first kappa shape index (κ1) is 8.68. The Bertz CT molecular complexity index is 475. The molecule has 2 aromatic rings. The van der Waals surface area contributed by atoms with E-state index in [0.29, 0.717) is 0 Å². The second kappa shape index (κ2) is 3.10. The molecule has 0 N–H and O–H groups in total. The molecule has 1 aromatic heterocycles. The standard InChI is InChI=1S/C9H7IN2O/c1-6(13)12-9-3-2-8(10)4-7(9)5-11-12/h2-5H,1H3. The number of carbonyl (C=O) groups excluding carboxylic acids is 1. The lowest BCUT2D eigenvalue weighted by Crippen LogP contribution is -2.06. The minimum atomic E-state index is -0.0591. The minimum Gasteiger partial charge on any atom is -0.273 e. The van der Waals surface area contributed by atoms with E-state index < -0.39 is 0 Å². The number of hydrogen-bond acceptors (Lipinski definition) is 2. The van der Waals surface area contributed by atoms with Crippen molar-refractivity contribution < 1.29 is 4.79 Å². The molecule has 0 atom stereocenters. The summed E-state index contributed by atoms with van der Waals surface area (Å²) in [5.74, 6) is -0.0591. The van der Waals surface area contributed by atoms with Gasteiger partial charge in [0.1, 0.15) is 0 Å². The van der Waals surface area contributed by atoms with Gasteiger partial charge in [0, 0.05) is 15.9 Å². The average molecular weight is 286 g/mol. The highest BCUT2D eigenvalue weighted by Gasteiger charge is 2.05. The molecule has 0 bridgehead atoms. The summed E-state index contributed by atoms with van der Waals surface area (Å²) in [4.78, 5) is 11.1. The molecule has 13 heavy (non-hydrogen) atoms. The van der Waals surface area contributed by atoms with Gasteiger partial charge in [-0.25, -0.2) is 4.68 Å². The fourth-order valence-electron chi connectivity index (χ4n) is 1.25. The van der Waals surface area contributed by atoms with E-state index in [4.69, 9.17) is 0 Å². The van der Waals surface area contributed by atoms with Crippen molar-refractivity contribution in [3.63, 3.8) is 0 Å². The van der Waals surface area contributed by atoms with Gasteiger partial charge in [0.05, 0.1) is 11.7 Å². The molecule has 1 aromatic carbocycles. The van der Waals surface area contributed by atoms with E-state index in [1.165, 1.54) is 11.6 Å². The van der Waals surface area contributed by atoms with E-state index in [2.05, 4.69) is 27.7 Å². The number of rotatable bonds is 0. The predicted octanol–water partition coefficient (Wildman–Crippen LogP) is 2.30. The molecule has 66 valence electrons. The van der Waals surface area contributed by atoms with Crippen molar-refractivity contribution in [1.82, 2.24) is 9.78 Å². The monoisotopic (exact) mass is 286 g/mol. The molecule has 0 aliphatic heterocycles. The smallest absolute Gasteiger partial charge is 0.244 e. The molecule has 0 aliphatic rings. The van der Waals surface area contributed by atoms with Gasteiger partial charge in [-0.15, -0.1) is 0 Å². The number of benzene rings is 1. The first-order valence-electron chi connectivity index (χ1n) is 3.83. The van der Waals surface area contributed by atoms with Gasteiger partial charge in [-0.2, -0.15) is 5.10 Å². The number of carbonyl (C=O) groups is 1. The van der Waals surface area contributed by atoms with Crippen LogP contribution < -0.4 is 0 Å². The Balaban J connectivity index is 2.76. The number of nitrogens with zero attached hydrogens (tertiary/aromatic N) is 2. The number of hydrogen-bond donors (Lipinski definition) is 0. The van der Waals surface area contributed by atoms with Crippen LogP contribution >= 0.6 is 22.6 Å². The highest BCUT2D eigenvalue weighted by atomic mass is 127. The number of fused-ring (bicyclic) bond motifs is 1. The molecular weight excluding hydrogens is 279 g/mol. The molecule has 0 amide bonds. The van der Waals surface area contributed by atoms with Crippen LogP contribution in [0.25, 0.3) is 10.9 Å². The molecule has 4 heteroatoms. The van der Waals surface area contributed by atoms with Crippen LogP contribution in [0.2, 0.25) is 0 Å². The summed E-state index contributed by atoms with van der Waals surface area (Å²) >= 11 is 2.23. The third kappa shape index (κ3) is 1.46. The molecule has 0 saturated heterocycles. The molecule has 0 unspecified atom stereocenters. The van der Waals surface area contributed by atoms with Gasteiger partial charge in [-0.05, 0) is 40.8 Å². The van der Waals surface area contributed by atoms with Crippen LogP contribution in [-0.4, -0.2) is 15.7 Å². The van der Waals surface area contributed by atoms with Gasteiger partial charge < -0.3 is 0 Å². The zero-order valence-electron chi connectivity index (χ0n) is 6.99. The molecule has 3 nitrogen and oxygen atoms in total. The summed E-state index contributed by atoms with van der Waals surface area (Å²) in [7, 11) is 0. The molecule has 0 radical (unpaired) electrons. The summed E-state index contributed by atoms with van der Waals surface area (Å²) in [6, 6.07) is 5.87. The van der Waals surface area contributed by atoms with Crippen LogP contribution in [0.5, 0.6) is 0 Å². The van der Waals surface area contributed by atoms with Crippen LogP contribution in [0.4, 0.5) is 0 Å². The fraction of sp³-hybridized carbons (Fsp3) is 0.111. The van der Waals surface area contributed by atoms with Gasteiger partial charge >= 0.3 is 0 Å². The topological polar surface area (TPSA) is 34.9 Å². The number of halogens is 1. The molecule has 0 aliphatic carbocycles. The van der Waals surface area contributed by atoms with Crippen LogP contribution in [0, 0.1) is 3.57 Å². The quantitative estimate of drug-likeness (QED) is 0.696. The van der Waals surface area contributed by atoms with E-state index in [-0.39, 0.29) is 5.91 Å². The lowest BCUT2D eigenvalue weighted by molar-refractivity contribution is 0.0927. The Morgan fingerprint density at radius 3 is 3.00 bits per heavy atom. The first-order valence-corrected chi connectivity index (χ1v) is 4.90. The van der Waals surface area contributed by atoms with E-state index in [1.54, 1.807) is 6.20 Å². The van der Waals surface area contributed by atoms with Crippen molar-refractivity contribution in [2.75, 3.05) is 0 Å². The SMILES string of the molecule is CC(=O)n1ncc2cc(I)ccc21. The maximum atomic E-state index is 11.1. The third-order valence-corrected chi connectivity index (χ3v) is 2.50. The van der Waals surface area contributed by atoms with Crippen LogP contribution in [0.3, 0.4) is 0 Å². The maximum Gasteiger partial charge on any atom is 0.244 e. The van der Waals surface area contributed by atoms with Crippen molar-refractivity contribution in [3.8, 4) is 0 Å². The summed E-state index contributed by atoms with van der Waals surface area (Å²) in [5.41, 5.74) is 0.868. The lowest BCUT2D eigenvalue weighted by Gasteiger charge is -1.96. The Hall–Kier alpha value is -0.910. The van der Waals surface area contributed by atoms with Gasteiger partial charge in [-0.3, -0.25) is 4.79 Å². The Kier molecular flexibility index (Phi) is 2.07. The normalized spacial score (nSPS) is 10.6. The molecule has 0 fully saturated rings.